The summed E-state index contributed by atoms with van der Waals surface area (Å²) in [7, 11) is 0. The van der Waals surface area contributed by atoms with Gasteiger partial charge in [-0.15, -0.1) is 0 Å². The summed E-state index contributed by atoms with van der Waals surface area (Å²) >= 11 is 0. The minimum Gasteiger partial charge on any atom is -0.355 e. The van der Waals surface area contributed by atoms with Gasteiger partial charge in [0.15, 0.2) is 0 Å². The third-order valence-electron chi connectivity index (χ3n) is 6.29. The maximum absolute atomic E-state index is 12.6. The Labute approximate surface area is 168 Å². The Morgan fingerprint density at radius 1 is 1.24 bits per heavy atom. The normalized spacial score (nSPS) is 17.6. The number of hydrogen-bond donors (Lipinski definition) is 1. The number of nitrogens with zero attached hydrogens (tertiary/aromatic N) is 5. The van der Waals surface area contributed by atoms with Crippen molar-refractivity contribution in [3.63, 3.8) is 0 Å². The number of fused-ring (bicyclic) bond motifs is 1. The molecule has 3 aromatic heterocycles. The topological polar surface area (TPSA) is 84.5 Å². The van der Waals surface area contributed by atoms with Crippen LogP contribution in [-0.2, 0) is 11.3 Å². The van der Waals surface area contributed by atoms with Gasteiger partial charge >= 0.3 is 0 Å². The molecule has 150 valence electrons. The van der Waals surface area contributed by atoms with Crippen LogP contribution >= 0.6 is 0 Å². The number of imidazole rings is 1. The smallest absolute Gasteiger partial charge is 0.270 e. The van der Waals surface area contributed by atoms with Gasteiger partial charge in [-0.3, -0.25) is 9.59 Å². The molecule has 0 radical (unpaired) electrons. The predicted octanol–water partition coefficient (Wildman–Crippen LogP) is 2.22. The van der Waals surface area contributed by atoms with E-state index in [1.807, 2.05) is 22.9 Å². The number of hydrogen-bond acceptors (Lipinski definition) is 5. The van der Waals surface area contributed by atoms with E-state index in [1.54, 1.807) is 25.3 Å². The Bertz CT molecular complexity index is 1140. The molecule has 29 heavy (non-hydrogen) atoms. The van der Waals surface area contributed by atoms with Gasteiger partial charge in [-0.25, -0.2) is 9.67 Å². The minimum absolute atomic E-state index is 0.119. The summed E-state index contributed by atoms with van der Waals surface area (Å²) in [4.78, 5) is 31.6. The van der Waals surface area contributed by atoms with Crippen molar-refractivity contribution < 1.29 is 4.79 Å². The fraction of sp³-hybridized carbons (Fsp3) is 0.429. The summed E-state index contributed by atoms with van der Waals surface area (Å²) in [5, 5.41) is 7.35. The van der Waals surface area contributed by atoms with Crippen LogP contribution in [0.15, 0.2) is 41.6 Å². The number of amides is 1. The fourth-order valence-electron chi connectivity index (χ4n) is 4.46. The van der Waals surface area contributed by atoms with Crippen molar-refractivity contribution in [2.24, 2.45) is 5.41 Å². The van der Waals surface area contributed by atoms with E-state index in [1.165, 1.54) is 30.4 Å². The molecule has 0 unspecified atom stereocenters. The fourth-order valence-corrected chi connectivity index (χ4v) is 4.46. The van der Waals surface area contributed by atoms with Gasteiger partial charge in [-0.1, -0.05) is 6.42 Å². The first-order chi connectivity index (χ1) is 14.0. The van der Waals surface area contributed by atoms with Crippen LogP contribution in [0.5, 0.6) is 0 Å². The van der Waals surface area contributed by atoms with Gasteiger partial charge in [0.05, 0.1) is 0 Å². The van der Waals surface area contributed by atoms with E-state index in [2.05, 4.69) is 20.3 Å². The zero-order chi connectivity index (χ0) is 20.0. The van der Waals surface area contributed by atoms with E-state index in [0.29, 0.717) is 16.7 Å². The predicted molar refractivity (Wildman–Crippen MR) is 110 cm³/mol. The first kappa shape index (κ1) is 17.9. The number of pyridine rings is 1. The zero-order valence-corrected chi connectivity index (χ0v) is 16.5. The molecule has 1 spiro atoms. The summed E-state index contributed by atoms with van der Waals surface area (Å²) in [6, 6.07) is 5.44. The molecule has 0 aromatic carbocycles. The van der Waals surface area contributed by atoms with Crippen LogP contribution in [0.3, 0.4) is 0 Å². The quantitative estimate of drug-likeness (QED) is 0.736. The van der Waals surface area contributed by atoms with Crippen molar-refractivity contribution in [2.45, 2.75) is 39.2 Å². The van der Waals surface area contributed by atoms with Crippen LogP contribution in [0.25, 0.3) is 5.65 Å². The van der Waals surface area contributed by atoms with Gasteiger partial charge in [-0.05, 0) is 43.7 Å². The van der Waals surface area contributed by atoms with Crippen LogP contribution in [0.1, 0.15) is 31.2 Å². The van der Waals surface area contributed by atoms with E-state index in [-0.39, 0.29) is 18.0 Å². The molecule has 5 rings (SSSR count). The van der Waals surface area contributed by atoms with Gasteiger partial charge in [0.25, 0.3) is 5.56 Å². The molecule has 2 fully saturated rings. The number of anilines is 2. The molecule has 4 heterocycles. The lowest BCUT2D eigenvalue weighted by Crippen LogP contribution is -2.36. The number of aromatic nitrogens is 4. The average molecular weight is 392 g/mol. The lowest BCUT2D eigenvalue weighted by molar-refractivity contribution is -0.117. The molecule has 1 saturated heterocycles. The second-order valence-electron chi connectivity index (χ2n) is 8.33. The molecule has 3 aromatic rings. The SMILES string of the molecule is Cc1cc(N2CCC3(CCC3)C2)nn(CC(=O)Nc2ccn3ccnc3c2)c1=O. The Morgan fingerprint density at radius 3 is 2.86 bits per heavy atom. The van der Waals surface area contributed by atoms with Crippen molar-refractivity contribution in [3.05, 3.63) is 52.7 Å². The van der Waals surface area contributed by atoms with E-state index < -0.39 is 0 Å². The highest BCUT2D eigenvalue weighted by Crippen LogP contribution is 2.48. The molecule has 0 bridgehead atoms. The highest BCUT2D eigenvalue weighted by Gasteiger charge is 2.43. The van der Waals surface area contributed by atoms with Crippen LogP contribution in [-0.4, -0.2) is 38.2 Å². The monoisotopic (exact) mass is 392 g/mol. The van der Waals surface area contributed by atoms with Gasteiger partial charge in [-0.2, -0.15) is 5.10 Å². The van der Waals surface area contributed by atoms with Gasteiger partial charge in [0.2, 0.25) is 5.91 Å². The molecule has 8 nitrogen and oxygen atoms in total. The third-order valence-corrected chi connectivity index (χ3v) is 6.29. The molecule has 0 atom stereocenters. The molecular weight excluding hydrogens is 368 g/mol. The van der Waals surface area contributed by atoms with Gasteiger partial charge in [0, 0.05) is 49.0 Å². The first-order valence-electron chi connectivity index (χ1n) is 10.1. The van der Waals surface area contributed by atoms with E-state index in [4.69, 9.17) is 0 Å². The van der Waals surface area contributed by atoms with Gasteiger partial charge < -0.3 is 14.6 Å². The third kappa shape index (κ3) is 3.28. The summed E-state index contributed by atoms with van der Waals surface area (Å²) in [6.45, 7) is 3.62. The van der Waals surface area contributed by atoms with Crippen molar-refractivity contribution in [2.75, 3.05) is 23.3 Å². The molecule has 1 saturated carbocycles. The maximum atomic E-state index is 12.6. The summed E-state index contributed by atoms with van der Waals surface area (Å²) in [5.74, 6) is 0.501. The van der Waals surface area contributed by atoms with Crippen LogP contribution in [0, 0.1) is 12.3 Å². The summed E-state index contributed by atoms with van der Waals surface area (Å²) in [5.41, 5.74) is 2.21. The molecular formula is C21H24N6O2. The Balaban J connectivity index is 1.34. The van der Waals surface area contributed by atoms with Crippen molar-refractivity contribution >= 4 is 23.1 Å². The van der Waals surface area contributed by atoms with Crippen molar-refractivity contribution in [1.29, 1.82) is 0 Å². The Morgan fingerprint density at radius 2 is 2.10 bits per heavy atom. The second kappa shape index (κ2) is 6.72. The largest absolute Gasteiger partial charge is 0.355 e. The Hall–Kier alpha value is -3.16. The number of carbonyl (C=O) groups is 1. The lowest BCUT2D eigenvalue weighted by atomic mass is 9.68. The molecule has 2 aliphatic rings. The molecule has 1 amide bonds. The highest BCUT2D eigenvalue weighted by molar-refractivity contribution is 5.90. The van der Waals surface area contributed by atoms with Crippen LogP contribution in [0.4, 0.5) is 11.5 Å². The van der Waals surface area contributed by atoms with Crippen LogP contribution < -0.4 is 15.8 Å². The minimum atomic E-state index is -0.288. The van der Waals surface area contributed by atoms with Crippen molar-refractivity contribution in [1.82, 2.24) is 19.2 Å². The average Bonchev–Trinajstić information content (AvgIpc) is 3.31. The zero-order valence-electron chi connectivity index (χ0n) is 16.5. The van der Waals surface area contributed by atoms with E-state index >= 15 is 0 Å². The van der Waals surface area contributed by atoms with E-state index in [0.717, 1.165) is 24.6 Å². The van der Waals surface area contributed by atoms with Gasteiger partial charge in [0.1, 0.15) is 18.0 Å². The maximum Gasteiger partial charge on any atom is 0.270 e. The number of rotatable bonds is 4. The van der Waals surface area contributed by atoms with Crippen LogP contribution in [0.2, 0.25) is 0 Å². The summed E-state index contributed by atoms with van der Waals surface area (Å²) in [6.07, 6.45) is 10.4. The molecule has 1 N–H and O–H groups in total. The van der Waals surface area contributed by atoms with E-state index in [9.17, 15) is 9.59 Å². The summed E-state index contributed by atoms with van der Waals surface area (Å²) < 4.78 is 3.14. The number of nitrogens with one attached hydrogen (secondary N) is 1. The molecule has 8 heteroatoms. The molecule has 1 aliphatic carbocycles. The number of aryl methyl sites for hydroxylation is 1. The van der Waals surface area contributed by atoms with Crippen molar-refractivity contribution in [3.8, 4) is 0 Å². The standard InChI is InChI=1S/C21H24N6O2/c1-15-11-18(26-9-6-21(14-26)4-2-5-21)24-27(20(15)29)13-19(28)23-16-3-8-25-10-7-22-17(25)12-16/h3,7-8,10-12H,2,4-6,9,13-14H2,1H3,(H,23,28). The second-order valence-corrected chi connectivity index (χ2v) is 8.33. The Kier molecular flexibility index (Phi) is 4.15. The lowest BCUT2D eigenvalue weighted by Gasteiger charge is -2.38. The first-order valence-corrected chi connectivity index (χ1v) is 10.1. The molecule has 1 aliphatic heterocycles. The number of carbonyl (C=O) groups excluding carboxylic acids is 1. The highest BCUT2D eigenvalue weighted by atomic mass is 16.2.